The molecular weight excluding hydrogens is 288 g/mol. The van der Waals surface area contributed by atoms with Gasteiger partial charge < -0.3 is 15.2 Å². The maximum absolute atomic E-state index is 12.4. The first kappa shape index (κ1) is 16.0. The minimum Gasteiger partial charge on any atom is -0.343 e. The quantitative estimate of drug-likeness (QED) is 0.860. The third kappa shape index (κ3) is 4.10. The zero-order valence-corrected chi connectivity index (χ0v) is 13.8. The van der Waals surface area contributed by atoms with Crippen molar-refractivity contribution in [3.63, 3.8) is 0 Å². The summed E-state index contributed by atoms with van der Waals surface area (Å²) in [6.07, 6.45) is 4.72. The number of benzene rings is 1. The maximum atomic E-state index is 12.4. The SMILES string of the molecule is CNCCC1CCN(C(=O)CCc2nc3ccccc3[nH]2)CC1. The predicted octanol–water partition coefficient (Wildman–Crippen LogP) is 2.34. The molecular formula is C18H26N4O. The lowest BCUT2D eigenvalue weighted by atomic mass is 9.93. The first-order chi connectivity index (χ1) is 11.3. The number of aryl methyl sites for hydroxylation is 1. The molecule has 3 rings (SSSR count). The number of rotatable bonds is 6. The largest absolute Gasteiger partial charge is 0.343 e. The van der Waals surface area contributed by atoms with Gasteiger partial charge in [0, 0.05) is 25.9 Å². The number of imidazole rings is 1. The van der Waals surface area contributed by atoms with Crippen molar-refractivity contribution >= 4 is 16.9 Å². The molecule has 1 amide bonds. The number of hydrogen-bond donors (Lipinski definition) is 2. The van der Waals surface area contributed by atoms with Crippen molar-refractivity contribution in [1.29, 1.82) is 0 Å². The number of fused-ring (bicyclic) bond motifs is 1. The van der Waals surface area contributed by atoms with Crippen LogP contribution in [0.3, 0.4) is 0 Å². The first-order valence-electron chi connectivity index (χ1n) is 8.62. The number of likely N-dealkylation sites (tertiary alicyclic amines) is 1. The summed E-state index contributed by atoms with van der Waals surface area (Å²) in [6.45, 7) is 2.89. The van der Waals surface area contributed by atoms with E-state index >= 15 is 0 Å². The number of para-hydroxylation sites is 2. The predicted molar refractivity (Wildman–Crippen MR) is 92.3 cm³/mol. The number of amides is 1. The number of nitrogens with one attached hydrogen (secondary N) is 2. The van der Waals surface area contributed by atoms with Gasteiger partial charge in [-0.2, -0.15) is 0 Å². The van der Waals surface area contributed by atoms with Crippen LogP contribution in [0.4, 0.5) is 0 Å². The molecule has 0 atom stereocenters. The molecule has 0 unspecified atom stereocenters. The highest BCUT2D eigenvalue weighted by atomic mass is 16.2. The molecule has 1 saturated heterocycles. The molecule has 2 N–H and O–H groups in total. The van der Waals surface area contributed by atoms with E-state index in [-0.39, 0.29) is 5.91 Å². The summed E-state index contributed by atoms with van der Waals surface area (Å²) in [5, 5.41) is 3.21. The Morgan fingerprint density at radius 1 is 1.35 bits per heavy atom. The Labute approximate surface area is 137 Å². The number of nitrogens with zero attached hydrogens (tertiary/aromatic N) is 2. The fourth-order valence-corrected chi connectivity index (χ4v) is 3.33. The van der Waals surface area contributed by atoms with Crippen molar-refractivity contribution in [1.82, 2.24) is 20.2 Å². The van der Waals surface area contributed by atoms with Gasteiger partial charge in [-0.05, 0) is 50.9 Å². The Morgan fingerprint density at radius 2 is 2.13 bits per heavy atom. The minimum absolute atomic E-state index is 0.262. The molecule has 1 aliphatic rings. The molecule has 23 heavy (non-hydrogen) atoms. The van der Waals surface area contributed by atoms with Crippen molar-refractivity contribution in [2.75, 3.05) is 26.7 Å². The second kappa shape index (κ2) is 7.59. The molecule has 5 nitrogen and oxygen atoms in total. The standard InChI is InChI=1S/C18H26N4O/c1-19-11-8-14-9-12-22(13-10-14)18(23)7-6-17-20-15-4-2-3-5-16(15)21-17/h2-5,14,19H,6-13H2,1H3,(H,20,21). The van der Waals surface area contributed by atoms with Gasteiger partial charge in [-0.3, -0.25) is 4.79 Å². The molecule has 0 bridgehead atoms. The van der Waals surface area contributed by atoms with Crippen molar-refractivity contribution in [3.05, 3.63) is 30.1 Å². The van der Waals surface area contributed by atoms with E-state index in [2.05, 4.69) is 15.3 Å². The van der Waals surface area contributed by atoms with Gasteiger partial charge in [0.05, 0.1) is 11.0 Å². The van der Waals surface area contributed by atoms with Gasteiger partial charge in [-0.15, -0.1) is 0 Å². The van der Waals surface area contributed by atoms with E-state index in [1.807, 2.05) is 36.2 Å². The van der Waals surface area contributed by atoms with Crippen LogP contribution in [0.2, 0.25) is 0 Å². The molecule has 0 saturated carbocycles. The Bertz CT molecular complexity index is 610. The number of H-pyrrole nitrogens is 1. The average molecular weight is 314 g/mol. The summed E-state index contributed by atoms with van der Waals surface area (Å²) in [5.41, 5.74) is 2.01. The molecule has 1 aromatic carbocycles. The number of piperidine rings is 1. The maximum Gasteiger partial charge on any atom is 0.223 e. The number of carbonyl (C=O) groups excluding carboxylic acids is 1. The molecule has 2 heterocycles. The third-order valence-corrected chi connectivity index (χ3v) is 4.78. The van der Waals surface area contributed by atoms with E-state index in [9.17, 15) is 4.79 Å². The Morgan fingerprint density at radius 3 is 2.87 bits per heavy atom. The third-order valence-electron chi connectivity index (χ3n) is 4.78. The first-order valence-corrected chi connectivity index (χ1v) is 8.62. The highest BCUT2D eigenvalue weighted by molar-refractivity contribution is 5.77. The lowest BCUT2D eigenvalue weighted by Gasteiger charge is -2.32. The fourth-order valence-electron chi connectivity index (χ4n) is 3.33. The van der Waals surface area contributed by atoms with Crippen LogP contribution in [-0.2, 0) is 11.2 Å². The van der Waals surface area contributed by atoms with E-state index in [0.29, 0.717) is 12.8 Å². The molecule has 5 heteroatoms. The molecule has 0 radical (unpaired) electrons. The zero-order valence-electron chi connectivity index (χ0n) is 13.8. The van der Waals surface area contributed by atoms with Crippen LogP contribution in [0.5, 0.6) is 0 Å². The molecule has 2 aromatic rings. The van der Waals surface area contributed by atoms with Gasteiger partial charge in [0.15, 0.2) is 0 Å². The summed E-state index contributed by atoms with van der Waals surface area (Å²) < 4.78 is 0. The van der Waals surface area contributed by atoms with Crippen LogP contribution < -0.4 is 5.32 Å². The molecule has 1 aromatic heterocycles. The van der Waals surface area contributed by atoms with Gasteiger partial charge in [-0.25, -0.2) is 4.98 Å². The summed E-state index contributed by atoms with van der Waals surface area (Å²) in [5.74, 6) is 1.93. The average Bonchev–Trinajstić information content (AvgIpc) is 3.01. The monoisotopic (exact) mass is 314 g/mol. The topological polar surface area (TPSA) is 61.0 Å². The van der Waals surface area contributed by atoms with Crippen LogP contribution in [-0.4, -0.2) is 47.5 Å². The lowest BCUT2D eigenvalue weighted by molar-refractivity contribution is -0.132. The minimum atomic E-state index is 0.262. The normalized spacial score (nSPS) is 16.1. The van der Waals surface area contributed by atoms with Crippen LogP contribution in [0.15, 0.2) is 24.3 Å². The summed E-state index contributed by atoms with van der Waals surface area (Å²) in [4.78, 5) is 22.2. The summed E-state index contributed by atoms with van der Waals surface area (Å²) in [6, 6.07) is 7.99. The Balaban J connectivity index is 1.46. The van der Waals surface area contributed by atoms with E-state index in [4.69, 9.17) is 0 Å². The number of carbonyl (C=O) groups is 1. The lowest BCUT2D eigenvalue weighted by Crippen LogP contribution is -2.39. The number of aromatic nitrogens is 2. The molecule has 0 aliphatic carbocycles. The van der Waals surface area contributed by atoms with Crippen molar-refractivity contribution < 1.29 is 4.79 Å². The van der Waals surface area contributed by atoms with E-state index in [0.717, 1.165) is 55.3 Å². The fraction of sp³-hybridized carbons (Fsp3) is 0.556. The zero-order chi connectivity index (χ0) is 16.1. The second-order valence-corrected chi connectivity index (χ2v) is 6.42. The summed E-state index contributed by atoms with van der Waals surface area (Å²) in [7, 11) is 2.00. The molecule has 1 fully saturated rings. The molecule has 0 spiro atoms. The van der Waals surface area contributed by atoms with E-state index in [1.54, 1.807) is 0 Å². The number of hydrogen-bond acceptors (Lipinski definition) is 3. The van der Waals surface area contributed by atoms with Crippen LogP contribution in [0.25, 0.3) is 11.0 Å². The highest BCUT2D eigenvalue weighted by Crippen LogP contribution is 2.21. The molecule has 1 aliphatic heterocycles. The Hall–Kier alpha value is -1.88. The van der Waals surface area contributed by atoms with E-state index < -0.39 is 0 Å². The highest BCUT2D eigenvalue weighted by Gasteiger charge is 2.22. The van der Waals surface area contributed by atoms with Crippen LogP contribution in [0.1, 0.15) is 31.5 Å². The van der Waals surface area contributed by atoms with E-state index in [1.165, 1.54) is 6.42 Å². The van der Waals surface area contributed by atoms with Gasteiger partial charge in [-0.1, -0.05) is 12.1 Å². The van der Waals surface area contributed by atoms with Crippen LogP contribution >= 0.6 is 0 Å². The van der Waals surface area contributed by atoms with Crippen molar-refractivity contribution in [2.45, 2.75) is 32.1 Å². The van der Waals surface area contributed by atoms with Crippen molar-refractivity contribution in [3.8, 4) is 0 Å². The number of aromatic amines is 1. The Kier molecular flexibility index (Phi) is 5.28. The second-order valence-electron chi connectivity index (χ2n) is 6.42. The van der Waals surface area contributed by atoms with Gasteiger partial charge >= 0.3 is 0 Å². The van der Waals surface area contributed by atoms with Crippen LogP contribution in [0, 0.1) is 5.92 Å². The van der Waals surface area contributed by atoms with Gasteiger partial charge in [0.2, 0.25) is 5.91 Å². The smallest absolute Gasteiger partial charge is 0.223 e. The van der Waals surface area contributed by atoms with Crippen molar-refractivity contribution in [2.24, 2.45) is 5.92 Å². The molecule has 124 valence electrons. The van der Waals surface area contributed by atoms with Gasteiger partial charge in [0.1, 0.15) is 5.82 Å². The van der Waals surface area contributed by atoms with Gasteiger partial charge in [0.25, 0.3) is 0 Å². The summed E-state index contributed by atoms with van der Waals surface area (Å²) >= 11 is 0.